The van der Waals surface area contributed by atoms with Gasteiger partial charge < -0.3 is 4.90 Å². The van der Waals surface area contributed by atoms with Gasteiger partial charge in [0.2, 0.25) is 0 Å². The molecule has 0 radical (unpaired) electrons. The molecule has 3 rings (SSSR count). The second-order valence-corrected chi connectivity index (χ2v) is 6.36. The van der Waals surface area contributed by atoms with Crippen LogP contribution in [0.5, 0.6) is 0 Å². The van der Waals surface area contributed by atoms with Gasteiger partial charge in [0.25, 0.3) is 5.56 Å². The fourth-order valence-electron chi connectivity index (χ4n) is 3.20. The molecule has 1 aliphatic heterocycles. The highest BCUT2D eigenvalue weighted by Gasteiger charge is 2.20. The molecule has 1 aromatic carbocycles. The van der Waals surface area contributed by atoms with E-state index in [9.17, 15) is 4.79 Å². The molecule has 0 bridgehead atoms. The van der Waals surface area contributed by atoms with Crippen molar-refractivity contribution in [1.82, 2.24) is 14.5 Å². The molecule has 112 valence electrons. The zero-order chi connectivity index (χ0) is 15.0. The number of hydrogen-bond acceptors (Lipinski definition) is 3. The highest BCUT2D eigenvalue weighted by molar-refractivity contribution is 6.31. The van der Waals surface area contributed by atoms with Gasteiger partial charge in [-0.1, -0.05) is 11.6 Å². The minimum atomic E-state index is 0.00579. The van der Waals surface area contributed by atoms with Crippen LogP contribution in [0.25, 0.3) is 10.9 Å². The molecule has 2 heterocycles. The summed E-state index contributed by atoms with van der Waals surface area (Å²) >= 11 is 6.07. The van der Waals surface area contributed by atoms with Gasteiger partial charge in [-0.05, 0) is 57.5 Å². The number of rotatable bonds is 3. The van der Waals surface area contributed by atoms with E-state index >= 15 is 0 Å². The molecule has 5 heteroatoms. The zero-order valence-corrected chi connectivity index (χ0v) is 13.2. The van der Waals surface area contributed by atoms with Gasteiger partial charge in [-0.3, -0.25) is 9.36 Å². The Labute approximate surface area is 129 Å². The predicted octanol–water partition coefficient (Wildman–Crippen LogP) is 2.84. The van der Waals surface area contributed by atoms with Crippen LogP contribution >= 0.6 is 11.6 Å². The van der Waals surface area contributed by atoms with Gasteiger partial charge in [0, 0.05) is 17.6 Å². The van der Waals surface area contributed by atoms with Crippen molar-refractivity contribution < 1.29 is 0 Å². The van der Waals surface area contributed by atoms with Crippen LogP contribution < -0.4 is 5.56 Å². The second kappa shape index (κ2) is 5.78. The van der Waals surface area contributed by atoms with E-state index in [4.69, 9.17) is 11.6 Å². The maximum absolute atomic E-state index is 12.6. The van der Waals surface area contributed by atoms with Crippen LogP contribution in [0.1, 0.15) is 24.8 Å². The van der Waals surface area contributed by atoms with Crippen molar-refractivity contribution in [3.8, 4) is 0 Å². The third kappa shape index (κ3) is 2.83. The maximum Gasteiger partial charge on any atom is 0.261 e. The molecule has 1 saturated heterocycles. The molecule has 0 spiro atoms. The van der Waals surface area contributed by atoms with Crippen molar-refractivity contribution in [2.24, 2.45) is 0 Å². The first-order chi connectivity index (χ1) is 10.1. The molecule has 1 aliphatic rings. The zero-order valence-electron chi connectivity index (χ0n) is 12.5. The van der Waals surface area contributed by atoms with Crippen molar-refractivity contribution in [2.75, 3.05) is 13.6 Å². The lowest BCUT2D eigenvalue weighted by Gasteiger charge is -2.19. The van der Waals surface area contributed by atoms with Crippen LogP contribution in [0, 0.1) is 6.92 Å². The Hall–Kier alpha value is -1.39. The Morgan fingerprint density at radius 2 is 2.24 bits per heavy atom. The quantitative estimate of drug-likeness (QED) is 0.875. The van der Waals surface area contributed by atoms with Crippen molar-refractivity contribution in [3.63, 3.8) is 0 Å². The van der Waals surface area contributed by atoms with Crippen molar-refractivity contribution in [2.45, 2.75) is 38.8 Å². The summed E-state index contributed by atoms with van der Waals surface area (Å²) in [4.78, 5) is 19.4. The molecule has 0 unspecified atom stereocenters. The van der Waals surface area contributed by atoms with Crippen LogP contribution in [-0.4, -0.2) is 34.1 Å². The minimum Gasteiger partial charge on any atom is -0.303 e. The average molecular weight is 306 g/mol. The fraction of sp³-hybridized carbons (Fsp3) is 0.500. The number of benzene rings is 1. The smallest absolute Gasteiger partial charge is 0.261 e. The Bertz CT molecular complexity index is 725. The van der Waals surface area contributed by atoms with E-state index in [1.165, 1.54) is 12.8 Å². The number of aromatic nitrogens is 2. The standard InChI is InChI=1S/C16H20ClN3O/c1-11-8-12(17)9-14-15(11)18-10-20(16(14)21)7-5-13-4-3-6-19(13)2/h8-10,13H,3-7H2,1-2H3/t13-/m1/s1. The van der Waals surface area contributed by atoms with Crippen molar-refractivity contribution in [1.29, 1.82) is 0 Å². The van der Waals surface area contributed by atoms with Gasteiger partial charge in [0.1, 0.15) is 0 Å². The minimum absolute atomic E-state index is 0.00579. The van der Waals surface area contributed by atoms with Crippen LogP contribution in [0.3, 0.4) is 0 Å². The van der Waals surface area contributed by atoms with E-state index in [0.717, 1.165) is 24.0 Å². The largest absolute Gasteiger partial charge is 0.303 e. The maximum atomic E-state index is 12.6. The summed E-state index contributed by atoms with van der Waals surface area (Å²) in [5.74, 6) is 0. The molecule has 1 fully saturated rings. The summed E-state index contributed by atoms with van der Waals surface area (Å²) < 4.78 is 1.71. The molecule has 21 heavy (non-hydrogen) atoms. The second-order valence-electron chi connectivity index (χ2n) is 5.93. The third-order valence-electron chi connectivity index (χ3n) is 4.46. The summed E-state index contributed by atoms with van der Waals surface area (Å²) in [6.45, 7) is 3.80. The SMILES string of the molecule is Cc1cc(Cl)cc2c(=O)n(CC[C@H]3CCCN3C)cnc12. The topological polar surface area (TPSA) is 38.1 Å². The van der Waals surface area contributed by atoms with Gasteiger partial charge in [-0.2, -0.15) is 0 Å². The van der Waals surface area contributed by atoms with Crippen LogP contribution in [0.4, 0.5) is 0 Å². The predicted molar refractivity (Wildman–Crippen MR) is 86.0 cm³/mol. The van der Waals surface area contributed by atoms with Gasteiger partial charge in [-0.25, -0.2) is 4.98 Å². The molecule has 0 amide bonds. The Balaban J connectivity index is 1.89. The third-order valence-corrected chi connectivity index (χ3v) is 4.68. The number of aryl methyl sites for hydroxylation is 2. The van der Waals surface area contributed by atoms with Gasteiger partial charge in [0.05, 0.1) is 17.2 Å². The van der Waals surface area contributed by atoms with E-state index in [0.29, 0.717) is 23.0 Å². The number of halogens is 1. The number of fused-ring (bicyclic) bond motifs is 1. The Morgan fingerprint density at radius 1 is 1.43 bits per heavy atom. The molecular weight excluding hydrogens is 286 g/mol. The molecule has 4 nitrogen and oxygen atoms in total. The van der Waals surface area contributed by atoms with Crippen molar-refractivity contribution >= 4 is 22.5 Å². The molecule has 0 aliphatic carbocycles. The molecule has 0 saturated carbocycles. The van der Waals surface area contributed by atoms with Gasteiger partial charge in [-0.15, -0.1) is 0 Å². The summed E-state index contributed by atoms with van der Waals surface area (Å²) in [5.41, 5.74) is 1.70. The summed E-state index contributed by atoms with van der Waals surface area (Å²) in [5, 5.41) is 1.20. The summed E-state index contributed by atoms with van der Waals surface area (Å²) in [6, 6.07) is 4.14. The highest BCUT2D eigenvalue weighted by atomic mass is 35.5. The van der Waals surface area contributed by atoms with E-state index in [2.05, 4.69) is 16.9 Å². The van der Waals surface area contributed by atoms with Gasteiger partial charge >= 0.3 is 0 Å². The summed E-state index contributed by atoms with van der Waals surface area (Å²) in [6.07, 6.45) is 5.13. The van der Waals surface area contributed by atoms with E-state index in [1.54, 1.807) is 17.0 Å². The Kier molecular flexibility index (Phi) is 4.00. The number of nitrogens with zero attached hydrogens (tertiary/aromatic N) is 3. The van der Waals surface area contributed by atoms with Crippen LogP contribution in [0.15, 0.2) is 23.3 Å². The lowest BCUT2D eigenvalue weighted by Crippen LogP contribution is -2.28. The Morgan fingerprint density at radius 3 is 2.95 bits per heavy atom. The molecule has 2 aromatic rings. The van der Waals surface area contributed by atoms with Crippen molar-refractivity contribution in [3.05, 3.63) is 39.4 Å². The van der Waals surface area contributed by atoms with Crippen LogP contribution in [0.2, 0.25) is 5.02 Å². The fourth-order valence-corrected chi connectivity index (χ4v) is 3.47. The van der Waals surface area contributed by atoms with Crippen LogP contribution in [-0.2, 0) is 6.54 Å². The van der Waals surface area contributed by atoms with E-state index in [1.807, 2.05) is 13.0 Å². The first-order valence-electron chi connectivity index (χ1n) is 7.42. The molecule has 1 atom stereocenters. The first-order valence-corrected chi connectivity index (χ1v) is 7.79. The number of hydrogen-bond donors (Lipinski definition) is 0. The first kappa shape index (κ1) is 14.5. The summed E-state index contributed by atoms with van der Waals surface area (Å²) in [7, 11) is 2.15. The monoisotopic (exact) mass is 305 g/mol. The number of likely N-dealkylation sites (tertiary alicyclic amines) is 1. The van der Waals surface area contributed by atoms with Gasteiger partial charge in [0.15, 0.2) is 0 Å². The normalized spacial score (nSPS) is 19.5. The lowest BCUT2D eigenvalue weighted by atomic mass is 10.1. The highest BCUT2D eigenvalue weighted by Crippen LogP contribution is 2.20. The molecular formula is C16H20ClN3O. The van der Waals surface area contributed by atoms with E-state index in [-0.39, 0.29) is 5.56 Å². The average Bonchev–Trinajstić information content (AvgIpc) is 2.84. The van der Waals surface area contributed by atoms with E-state index < -0.39 is 0 Å². The molecule has 0 N–H and O–H groups in total. The lowest BCUT2D eigenvalue weighted by molar-refractivity contribution is 0.285. The molecule has 1 aromatic heterocycles.